The summed E-state index contributed by atoms with van der Waals surface area (Å²) in [5.74, 6) is -0.470. The number of anilines is 1. The number of pyridine rings is 1. The van der Waals surface area contributed by atoms with E-state index in [4.69, 9.17) is 9.47 Å². The molecule has 4 rings (SSSR count). The van der Waals surface area contributed by atoms with Gasteiger partial charge in [-0.3, -0.25) is 5.32 Å². The first-order valence-corrected chi connectivity index (χ1v) is 10.1. The quantitative estimate of drug-likeness (QED) is 0.418. The minimum Gasteiger partial charge on any atom is -0.461 e. The molecule has 3 aromatic carbocycles. The molecule has 0 aliphatic carbocycles. The Morgan fingerprint density at radius 2 is 1.61 bits per heavy atom. The Morgan fingerprint density at radius 1 is 0.839 bits per heavy atom. The van der Waals surface area contributed by atoms with Crippen molar-refractivity contribution in [3.8, 4) is 11.1 Å². The molecule has 0 atom stereocenters. The van der Waals surface area contributed by atoms with Crippen molar-refractivity contribution in [1.82, 2.24) is 4.98 Å². The molecule has 0 bridgehead atoms. The highest BCUT2D eigenvalue weighted by Crippen LogP contribution is 2.35. The van der Waals surface area contributed by atoms with E-state index < -0.39 is 12.1 Å². The number of carbonyl (C=O) groups is 2. The molecule has 0 spiro atoms. The summed E-state index contributed by atoms with van der Waals surface area (Å²) < 4.78 is 10.1. The van der Waals surface area contributed by atoms with Crippen LogP contribution in [0.15, 0.2) is 66.7 Å². The topological polar surface area (TPSA) is 77.5 Å². The van der Waals surface area contributed by atoms with E-state index in [0.29, 0.717) is 11.2 Å². The van der Waals surface area contributed by atoms with E-state index in [0.717, 1.165) is 27.3 Å². The van der Waals surface area contributed by atoms with Crippen molar-refractivity contribution in [2.75, 3.05) is 18.5 Å². The highest BCUT2D eigenvalue weighted by atomic mass is 16.5. The van der Waals surface area contributed by atoms with Crippen LogP contribution in [0.4, 0.5) is 10.5 Å². The normalized spacial score (nSPS) is 10.8. The van der Waals surface area contributed by atoms with E-state index in [9.17, 15) is 9.59 Å². The van der Waals surface area contributed by atoms with Crippen LogP contribution in [-0.4, -0.2) is 30.3 Å². The van der Waals surface area contributed by atoms with Crippen molar-refractivity contribution in [2.45, 2.75) is 13.8 Å². The van der Waals surface area contributed by atoms with Gasteiger partial charge in [0.05, 0.1) is 18.7 Å². The van der Waals surface area contributed by atoms with Crippen molar-refractivity contribution in [3.05, 3.63) is 72.4 Å². The van der Waals surface area contributed by atoms with Gasteiger partial charge in [0.25, 0.3) is 0 Å². The Labute approximate surface area is 179 Å². The Balaban J connectivity index is 1.95. The molecule has 31 heavy (non-hydrogen) atoms. The average molecular weight is 414 g/mol. The Kier molecular flexibility index (Phi) is 5.80. The fourth-order valence-electron chi connectivity index (χ4n) is 3.58. The predicted molar refractivity (Wildman–Crippen MR) is 121 cm³/mol. The summed E-state index contributed by atoms with van der Waals surface area (Å²) in [5, 5.41) is 5.68. The number of amides is 1. The number of nitrogens with zero attached hydrogens (tertiary/aromatic N) is 1. The van der Waals surface area contributed by atoms with Gasteiger partial charge in [-0.15, -0.1) is 0 Å². The lowest BCUT2D eigenvalue weighted by Crippen LogP contribution is -2.13. The maximum atomic E-state index is 12.3. The first-order chi connectivity index (χ1) is 15.1. The van der Waals surface area contributed by atoms with Gasteiger partial charge >= 0.3 is 12.1 Å². The molecule has 0 aliphatic rings. The molecule has 156 valence electrons. The molecule has 6 heteroatoms. The second-order valence-corrected chi connectivity index (χ2v) is 6.88. The fraction of sp³-hybridized carbons (Fsp3) is 0.160. The lowest BCUT2D eigenvalue weighted by molar-refractivity contribution is 0.0520. The molecular formula is C25H22N2O4. The van der Waals surface area contributed by atoms with Gasteiger partial charge in [-0.05, 0) is 48.4 Å². The van der Waals surface area contributed by atoms with Gasteiger partial charge in [-0.2, -0.15) is 0 Å². The van der Waals surface area contributed by atoms with Gasteiger partial charge in [0.15, 0.2) is 0 Å². The van der Waals surface area contributed by atoms with Crippen molar-refractivity contribution >= 4 is 39.4 Å². The maximum absolute atomic E-state index is 12.3. The zero-order valence-corrected chi connectivity index (χ0v) is 17.3. The van der Waals surface area contributed by atoms with E-state index in [1.165, 1.54) is 0 Å². The van der Waals surface area contributed by atoms with Crippen molar-refractivity contribution in [1.29, 1.82) is 0 Å². The summed E-state index contributed by atoms with van der Waals surface area (Å²) in [6.07, 6.45) is -0.526. The maximum Gasteiger partial charge on any atom is 0.411 e. The van der Waals surface area contributed by atoms with Crippen LogP contribution < -0.4 is 5.32 Å². The van der Waals surface area contributed by atoms with E-state index in [2.05, 4.69) is 10.3 Å². The lowest BCUT2D eigenvalue weighted by atomic mass is 9.95. The number of ether oxygens (including phenoxy) is 2. The van der Waals surface area contributed by atoms with E-state index >= 15 is 0 Å². The van der Waals surface area contributed by atoms with Crippen LogP contribution in [-0.2, 0) is 9.47 Å². The highest BCUT2D eigenvalue weighted by molar-refractivity contribution is 6.07. The first-order valence-electron chi connectivity index (χ1n) is 10.1. The standard InChI is InChI=1S/C25H22N2O4/c1-3-30-24(28)22-13-12-17-14-18(26-25(29)31-4-2)15-21(23(17)27-22)20-11-7-9-16-8-5-6-10-19(16)20/h5-15H,3-4H2,1-2H3,(H,26,29). The number of benzene rings is 3. The van der Waals surface area contributed by atoms with Gasteiger partial charge in [0, 0.05) is 16.6 Å². The Bertz CT molecular complexity index is 1280. The third kappa shape index (κ3) is 4.19. The summed E-state index contributed by atoms with van der Waals surface area (Å²) in [6.45, 7) is 4.06. The van der Waals surface area contributed by atoms with E-state index in [1.807, 2.05) is 54.6 Å². The van der Waals surface area contributed by atoms with Crippen LogP contribution in [0.2, 0.25) is 0 Å². The largest absolute Gasteiger partial charge is 0.461 e. The number of fused-ring (bicyclic) bond motifs is 2. The third-order valence-electron chi connectivity index (χ3n) is 4.88. The molecule has 6 nitrogen and oxygen atoms in total. The van der Waals surface area contributed by atoms with E-state index in [-0.39, 0.29) is 18.9 Å². The third-order valence-corrected chi connectivity index (χ3v) is 4.88. The molecule has 0 saturated carbocycles. The first kappa shape index (κ1) is 20.3. The summed E-state index contributed by atoms with van der Waals surface area (Å²) in [6, 6.07) is 21.2. The average Bonchev–Trinajstić information content (AvgIpc) is 2.78. The monoisotopic (exact) mass is 414 g/mol. The zero-order valence-electron chi connectivity index (χ0n) is 17.3. The number of esters is 1. The summed E-state index contributed by atoms with van der Waals surface area (Å²) in [4.78, 5) is 28.9. The van der Waals surface area contributed by atoms with Gasteiger partial charge in [0.1, 0.15) is 5.69 Å². The molecule has 0 aliphatic heterocycles. The van der Waals surface area contributed by atoms with Crippen molar-refractivity contribution in [3.63, 3.8) is 0 Å². The molecule has 0 fully saturated rings. The van der Waals surface area contributed by atoms with Crippen molar-refractivity contribution < 1.29 is 19.1 Å². The van der Waals surface area contributed by atoms with Gasteiger partial charge in [0.2, 0.25) is 0 Å². The summed E-state index contributed by atoms with van der Waals surface area (Å²) in [5.41, 5.74) is 3.22. The van der Waals surface area contributed by atoms with Crippen LogP contribution in [0.3, 0.4) is 0 Å². The molecule has 0 saturated heterocycles. The number of hydrogen-bond donors (Lipinski definition) is 1. The molecule has 1 N–H and O–H groups in total. The fourth-order valence-corrected chi connectivity index (χ4v) is 3.58. The van der Waals surface area contributed by atoms with Crippen LogP contribution in [0.25, 0.3) is 32.8 Å². The lowest BCUT2D eigenvalue weighted by Gasteiger charge is -2.14. The Morgan fingerprint density at radius 3 is 2.42 bits per heavy atom. The predicted octanol–water partition coefficient (Wildman–Crippen LogP) is 5.80. The van der Waals surface area contributed by atoms with Gasteiger partial charge < -0.3 is 9.47 Å². The second-order valence-electron chi connectivity index (χ2n) is 6.88. The van der Waals surface area contributed by atoms with E-state index in [1.54, 1.807) is 26.0 Å². The van der Waals surface area contributed by atoms with Crippen LogP contribution in [0.5, 0.6) is 0 Å². The van der Waals surface area contributed by atoms with Crippen molar-refractivity contribution in [2.24, 2.45) is 0 Å². The molecule has 4 aromatic rings. The molecule has 1 amide bonds. The van der Waals surface area contributed by atoms with Crippen LogP contribution in [0, 0.1) is 0 Å². The smallest absolute Gasteiger partial charge is 0.411 e. The minimum absolute atomic E-state index is 0.238. The molecule has 0 unspecified atom stereocenters. The van der Waals surface area contributed by atoms with Gasteiger partial charge in [-0.25, -0.2) is 14.6 Å². The summed E-state index contributed by atoms with van der Waals surface area (Å²) >= 11 is 0. The zero-order chi connectivity index (χ0) is 21.8. The number of aromatic nitrogens is 1. The molecule has 1 heterocycles. The second kappa shape index (κ2) is 8.83. The molecule has 0 radical (unpaired) electrons. The SMILES string of the molecule is CCOC(=O)Nc1cc(-c2cccc3ccccc23)c2nc(C(=O)OCC)ccc2c1. The molecular weight excluding hydrogens is 392 g/mol. The minimum atomic E-state index is -0.526. The number of hydrogen-bond acceptors (Lipinski definition) is 5. The molecule has 1 aromatic heterocycles. The highest BCUT2D eigenvalue weighted by Gasteiger charge is 2.16. The number of rotatable bonds is 5. The van der Waals surface area contributed by atoms with Crippen LogP contribution >= 0.6 is 0 Å². The van der Waals surface area contributed by atoms with Crippen LogP contribution in [0.1, 0.15) is 24.3 Å². The Hall–Kier alpha value is -3.93. The number of nitrogens with one attached hydrogen (secondary N) is 1. The number of carbonyl (C=O) groups excluding carboxylic acids is 2. The van der Waals surface area contributed by atoms with Gasteiger partial charge in [-0.1, -0.05) is 48.5 Å². The summed E-state index contributed by atoms with van der Waals surface area (Å²) in [7, 11) is 0.